The Morgan fingerprint density at radius 1 is 1.37 bits per heavy atom. The number of nitrogens with one attached hydrogen (secondary N) is 1. The molecule has 4 rings (SSSR count). The summed E-state index contributed by atoms with van der Waals surface area (Å²) in [6, 6.07) is 8.64. The van der Waals surface area contributed by atoms with Gasteiger partial charge in [0.05, 0.1) is 30.7 Å². The minimum Gasteiger partial charge on any atom is -0.285 e. The Balaban J connectivity index is 1.45. The molecule has 1 fully saturated rings. The van der Waals surface area contributed by atoms with Crippen molar-refractivity contribution in [2.75, 3.05) is 0 Å². The zero-order valence-corrected chi connectivity index (χ0v) is 15.8. The lowest BCUT2D eigenvalue weighted by atomic mass is 10.1. The standard InChI is InChI=1S/C19H20N6OS/c1-14-2-5-18(27-19-10-20-21-11-19)8-15(14)9-22-24(13-26)12-16-6-7-25(23-16)17-3-4-17/h2,5-11,13,17H,3-4,12H2,1H3,(H,20,21)/b22-9-. The fourth-order valence-corrected chi connectivity index (χ4v) is 3.48. The fraction of sp³-hybridized carbons (Fsp3) is 0.263. The molecule has 0 atom stereocenters. The van der Waals surface area contributed by atoms with Crippen molar-refractivity contribution in [3.05, 3.63) is 59.7 Å². The number of aromatic amines is 1. The second-order valence-corrected chi connectivity index (χ2v) is 7.67. The smallest absolute Gasteiger partial charge is 0.230 e. The van der Waals surface area contributed by atoms with E-state index in [1.165, 1.54) is 17.9 Å². The first-order valence-electron chi connectivity index (χ1n) is 8.78. The fourth-order valence-electron chi connectivity index (χ4n) is 2.66. The zero-order chi connectivity index (χ0) is 18.6. The molecule has 0 spiro atoms. The van der Waals surface area contributed by atoms with Crippen LogP contribution in [0.25, 0.3) is 0 Å². The molecule has 0 unspecified atom stereocenters. The van der Waals surface area contributed by atoms with Crippen LogP contribution in [0.3, 0.4) is 0 Å². The van der Waals surface area contributed by atoms with E-state index in [9.17, 15) is 4.79 Å². The van der Waals surface area contributed by atoms with Gasteiger partial charge in [-0.25, -0.2) is 5.01 Å². The average molecular weight is 380 g/mol. The normalized spacial score (nSPS) is 14.0. The van der Waals surface area contributed by atoms with Crippen LogP contribution in [0.4, 0.5) is 0 Å². The second-order valence-electron chi connectivity index (χ2n) is 6.52. The zero-order valence-electron chi connectivity index (χ0n) is 14.9. The molecular formula is C19H20N6OS. The molecule has 1 aliphatic carbocycles. The number of carbonyl (C=O) groups excluding carboxylic acids is 1. The summed E-state index contributed by atoms with van der Waals surface area (Å²) >= 11 is 1.62. The van der Waals surface area contributed by atoms with Crippen LogP contribution in [0.1, 0.15) is 35.7 Å². The van der Waals surface area contributed by atoms with E-state index in [-0.39, 0.29) is 0 Å². The molecule has 7 nitrogen and oxygen atoms in total. The van der Waals surface area contributed by atoms with Gasteiger partial charge in [-0.05, 0) is 49.1 Å². The first kappa shape index (κ1) is 17.5. The summed E-state index contributed by atoms with van der Waals surface area (Å²) < 4.78 is 1.97. The van der Waals surface area contributed by atoms with E-state index in [0.717, 1.165) is 33.0 Å². The molecule has 0 saturated heterocycles. The molecule has 1 aliphatic rings. The highest BCUT2D eigenvalue weighted by molar-refractivity contribution is 7.99. The monoisotopic (exact) mass is 380 g/mol. The quantitative estimate of drug-likeness (QED) is 0.369. The molecule has 0 radical (unpaired) electrons. The number of hydrogen-bond acceptors (Lipinski definition) is 5. The van der Waals surface area contributed by atoms with E-state index in [0.29, 0.717) is 12.6 Å². The number of amides is 1. The molecule has 3 aromatic rings. The Kier molecular flexibility index (Phi) is 5.06. The molecule has 1 saturated carbocycles. The van der Waals surface area contributed by atoms with Gasteiger partial charge in [-0.2, -0.15) is 15.3 Å². The molecule has 1 amide bonds. The number of aryl methyl sites for hydroxylation is 1. The third-order valence-corrected chi connectivity index (χ3v) is 5.28. The molecule has 8 heteroatoms. The number of aromatic nitrogens is 4. The Hall–Kier alpha value is -2.87. The third kappa shape index (κ3) is 4.46. The molecular weight excluding hydrogens is 360 g/mol. The number of carbonyl (C=O) groups is 1. The Bertz CT molecular complexity index is 945. The Morgan fingerprint density at radius 3 is 3.00 bits per heavy atom. The summed E-state index contributed by atoms with van der Waals surface area (Å²) in [6.45, 7) is 2.39. The molecule has 2 aromatic heterocycles. The van der Waals surface area contributed by atoms with Crippen LogP contribution in [0.2, 0.25) is 0 Å². The maximum Gasteiger partial charge on any atom is 0.230 e. The summed E-state index contributed by atoms with van der Waals surface area (Å²) in [5.74, 6) is 0. The van der Waals surface area contributed by atoms with Gasteiger partial charge in [-0.3, -0.25) is 14.6 Å². The number of nitrogens with zero attached hydrogens (tertiary/aromatic N) is 5. The predicted molar refractivity (Wildman–Crippen MR) is 104 cm³/mol. The maximum atomic E-state index is 11.4. The van der Waals surface area contributed by atoms with Gasteiger partial charge in [0.15, 0.2) is 0 Å². The minimum absolute atomic E-state index is 0.363. The average Bonchev–Trinajstić information content (AvgIpc) is 3.20. The van der Waals surface area contributed by atoms with Crippen molar-refractivity contribution in [3.63, 3.8) is 0 Å². The molecule has 2 heterocycles. The Labute approximate surface area is 161 Å². The molecule has 0 aliphatic heterocycles. The third-order valence-electron chi connectivity index (χ3n) is 4.33. The van der Waals surface area contributed by atoms with Gasteiger partial charge in [-0.15, -0.1) is 0 Å². The minimum atomic E-state index is 0.363. The van der Waals surface area contributed by atoms with Crippen LogP contribution >= 0.6 is 11.8 Å². The van der Waals surface area contributed by atoms with Crippen LogP contribution in [0, 0.1) is 6.92 Å². The van der Waals surface area contributed by atoms with Crippen molar-refractivity contribution in [1.82, 2.24) is 25.0 Å². The second kappa shape index (κ2) is 7.79. The van der Waals surface area contributed by atoms with Crippen LogP contribution in [-0.2, 0) is 11.3 Å². The van der Waals surface area contributed by atoms with Crippen molar-refractivity contribution in [2.45, 2.75) is 42.1 Å². The lowest BCUT2D eigenvalue weighted by molar-refractivity contribution is -0.118. The van der Waals surface area contributed by atoms with Gasteiger partial charge in [-0.1, -0.05) is 17.8 Å². The van der Waals surface area contributed by atoms with Crippen molar-refractivity contribution < 1.29 is 4.79 Å². The maximum absolute atomic E-state index is 11.4. The van der Waals surface area contributed by atoms with Crippen molar-refractivity contribution >= 4 is 24.4 Å². The van der Waals surface area contributed by atoms with Crippen molar-refractivity contribution in [2.24, 2.45) is 5.10 Å². The first-order valence-corrected chi connectivity index (χ1v) is 9.60. The van der Waals surface area contributed by atoms with E-state index in [2.05, 4.69) is 32.5 Å². The van der Waals surface area contributed by atoms with Crippen molar-refractivity contribution in [3.8, 4) is 0 Å². The molecule has 1 N–H and O–H groups in total. The molecule has 27 heavy (non-hydrogen) atoms. The number of benzene rings is 1. The molecule has 0 bridgehead atoms. The van der Waals surface area contributed by atoms with Crippen LogP contribution < -0.4 is 0 Å². The number of hydrazone groups is 1. The van der Waals surface area contributed by atoms with Gasteiger partial charge >= 0.3 is 0 Å². The van der Waals surface area contributed by atoms with Crippen LogP contribution in [0.15, 0.2) is 57.7 Å². The Morgan fingerprint density at radius 2 is 2.26 bits per heavy atom. The van der Waals surface area contributed by atoms with Gasteiger partial charge < -0.3 is 0 Å². The lowest BCUT2D eigenvalue weighted by Crippen LogP contribution is -2.15. The largest absolute Gasteiger partial charge is 0.285 e. The molecule has 1 aromatic carbocycles. The summed E-state index contributed by atoms with van der Waals surface area (Å²) in [6.07, 6.45) is 10.4. The summed E-state index contributed by atoms with van der Waals surface area (Å²) in [7, 11) is 0. The van der Waals surface area contributed by atoms with E-state index in [1.54, 1.807) is 24.2 Å². The van der Waals surface area contributed by atoms with Gasteiger partial charge in [0.2, 0.25) is 6.41 Å². The van der Waals surface area contributed by atoms with E-state index in [4.69, 9.17) is 0 Å². The van der Waals surface area contributed by atoms with Gasteiger partial charge in [0.25, 0.3) is 0 Å². The summed E-state index contributed by atoms with van der Waals surface area (Å²) in [5.41, 5.74) is 2.91. The van der Waals surface area contributed by atoms with Gasteiger partial charge in [0, 0.05) is 22.2 Å². The number of rotatable bonds is 8. The highest BCUT2D eigenvalue weighted by atomic mass is 32.2. The van der Waals surface area contributed by atoms with Crippen molar-refractivity contribution in [1.29, 1.82) is 0 Å². The van der Waals surface area contributed by atoms with E-state index >= 15 is 0 Å². The van der Waals surface area contributed by atoms with Crippen LogP contribution in [0.5, 0.6) is 0 Å². The highest BCUT2D eigenvalue weighted by Crippen LogP contribution is 2.34. The number of hydrogen-bond donors (Lipinski definition) is 1. The summed E-state index contributed by atoms with van der Waals surface area (Å²) in [4.78, 5) is 13.5. The molecule has 138 valence electrons. The van der Waals surface area contributed by atoms with Gasteiger partial charge in [0.1, 0.15) is 0 Å². The SMILES string of the molecule is Cc1ccc(Sc2cn[nH]c2)cc1/C=N\N(C=O)Cc1ccn(C2CC2)n1. The predicted octanol–water partition coefficient (Wildman–Crippen LogP) is 3.39. The lowest BCUT2D eigenvalue weighted by Gasteiger charge is -2.10. The summed E-state index contributed by atoms with van der Waals surface area (Å²) in [5, 5.41) is 17.0. The van der Waals surface area contributed by atoms with E-state index in [1.807, 2.05) is 36.1 Å². The first-order chi connectivity index (χ1) is 13.2. The number of H-pyrrole nitrogens is 1. The highest BCUT2D eigenvalue weighted by Gasteiger charge is 2.24. The van der Waals surface area contributed by atoms with Crippen LogP contribution in [-0.4, -0.2) is 37.6 Å². The van der Waals surface area contributed by atoms with E-state index < -0.39 is 0 Å². The topological polar surface area (TPSA) is 79.2 Å².